The summed E-state index contributed by atoms with van der Waals surface area (Å²) >= 11 is 12.2. The van der Waals surface area contributed by atoms with Crippen LogP contribution in [0.4, 0.5) is 0 Å². The van der Waals surface area contributed by atoms with Crippen molar-refractivity contribution in [3.05, 3.63) is 63.6 Å². The van der Waals surface area contributed by atoms with Gasteiger partial charge in [0, 0.05) is 42.3 Å². The number of nitrogens with zero attached hydrogens (tertiary/aromatic N) is 1. The van der Waals surface area contributed by atoms with Crippen LogP contribution in [0.2, 0.25) is 10.0 Å². The highest BCUT2D eigenvalue weighted by molar-refractivity contribution is 6.34. The van der Waals surface area contributed by atoms with Gasteiger partial charge in [-0.2, -0.15) is 0 Å². The van der Waals surface area contributed by atoms with Crippen LogP contribution in [0.15, 0.2) is 42.5 Å². The van der Waals surface area contributed by atoms with Gasteiger partial charge in [0.2, 0.25) is 0 Å². The van der Waals surface area contributed by atoms with Gasteiger partial charge in [-0.05, 0) is 41.5 Å². The van der Waals surface area contributed by atoms with Gasteiger partial charge < -0.3 is 14.8 Å². The zero-order chi connectivity index (χ0) is 18.4. The van der Waals surface area contributed by atoms with Crippen molar-refractivity contribution < 1.29 is 9.47 Å². The Morgan fingerprint density at radius 2 is 1.73 bits per heavy atom. The predicted molar refractivity (Wildman–Crippen MR) is 106 cm³/mol. The number of benzene rings is 2. The third-order valence-electron chi connectivity index (χ3n) is 4.58. The Balaban J connectivity index is 1.68. The quantitative estimate of drug-likeness (QED) is 0.763. The van der Waals surface area contributed by atoms with Gasteiger partial charge in [0.25, 0.3) is 0 Å². The Kier molecular flexibility index (Phi) is 7.17. The highest BCUT2D eigenvalue weighted by Crippen LogP contribution is 2.24. The van der Waals surface area contributed by atoms with E-state index < -0.39 is 0 Å². The summed E-state index contributed by atoms with van der Waals surface area (Å²) in [5.41, 5.74) is 2.35. The van der Waals surface area contributed by atoms with E-state index in [0.717, 1.165) is 50.7 Å². The van der Waals surface area contributed by atoms with Gasteiger partial charge in [-0.15, -0.1) is 0 Å². The van der Waals surface area contributed by atoms with Gasteiger partial charge in [0.05, 0.1) is 20.3 Å². The summed E-state index contributed by atoms with van der Waals surface area (Å²) in [6.45, 7) is 4.96. The molecule has 1 unspecified atom stereocenters. The highest BCUT2D eigenvalue weighted by atomic mass is 35.5. The van der Waals surface area contributed by atoms with Crippen molar-refractivity contribution in [1.82, 2.24) is 10.2 Å². The number of morpholine rings is 1. The molecule has 0 amide bonds. The predicted octanol–water partition coefficient (Wildman–Crippen LogP) is 4.17. The summed E-state index contributed by atoms with van der Waals surface area (Å²) in [5, 5.41) is 4.87. The van der Waals surface area contributed by atoms with Crippen molar-refractivity contribution in [2.45, 2.75) is 12.6 Å². The minimum Gasteiger partial charge on any atom is -0.497 e. The van der Waals surface area contributed by atoms with Crippen LogP contribution in [-0.2, 0) is 11.3 Å². The smallest absolute Gasteiger partial charge is 0.118 e. The summed E-state index contributed by atoms with van der Waals surface area (Å²) in [4.78, 5) is 2.46. The van der Waals surface area contributed by atoms with Gasteiger partial charge in [0.15, 0.2) is 0 Å². The lowest BCUT2D eigenvalue weighted by atomic mass is 10.0. The topological polar surface area (TPSA) is 33.7 Å². The molecule has 1 fully saturated rings. The second kappa shape index (κ2) is 9.58. The van der Waals surface area contributed by atoms with Crippen molar-refractivity contribution >= 4 is 23.2 Å². The Morgan fingerprint density at radius 1 is 1.08 bits per heavy atom. The summed E-state index contributed by atoms with van der Waals surface area (Å²) < 4.78 is 10.8. The normalized spacial score (nSPS) is 16.4. The Hall–Kier alpha value is -1.30. The molecule has 1 saturated heterocycles. The number of halogens is 2. The van der Waals surface area contributed by atoms with Crippen LogP contribution >= 0.6 is 23.2 Å². The fourth-order valence-electron chi connectivity index (χ4n) is 3.24. The number of nitrogens with one attached hydrogen (secondary N) is 1. The maximum Gasteiger partial charge on any atom is 0.118 e. The highest BCUT2D eigenvalue weighted by Gasteiger charge is 2.22. The maximum absolute atomic E-state index is 6.09. The molecule has 0 spiro atoms. The van der Waals surface area contributed by atoms with Gasteiger partial charge in [0.1, 0.15) is 5.75 Å². The second-order valence-electron chi connectivity index (χ2n) is 6.35. The van der Waals surface area contributed by atoms with Crippen molar-refractivity contribution in [3.8, 4) is 5.75 Å². The average Bonchev–Trinajstić information content (AvgIpc) is 2.65. The van der Waals surface area contributed by atoms with E-state index in [1.807, 2.05) is 24.3 Å². The minimum absolute atomic E-state index is 0.277. The minimum atomic E-state index is 0.277. The first-order valence-corrected chi connectivity index (χ1v) is 9.53. The van der Waals surface area contributed by atoms with Crippen LogP contribution in [0.25, 0.3) is 0 Å². The van der Waals surface area contributed by atoms with Crippen molar-refractivity contribution in [2.75, 3.05) is 40.0 Å². The summed E-state index contributed by atoms with van der Waals surface area (Å²) in [6.07, 6.45) is 0. The largest absolute Gasteiger partial charge is 0.497 e. The van der Waals surface area contributed by atoms with Crippen LogP contribution in [0, 0.1) is 0 Å². The fraction of sp³-hybridized carbons (Fsp3) is 0.400. The molecule has 1 aliphatic rings. The molecule has 1 N–H and O–H groups in total. The molecule has 1 aliphatic heterocycles. The molecule has 2 aromatic carbocycles. The van der Waals surface area contributed by atoms with Crippen LogP contribution in [0.3, 0.4) is 0 Å². The van der Waals surface area contributed by atoms with Gasteiger partial charge >= 0.3 is 0 Å². The molecule has 0 aliphatic carbocycles. The van der Waals surface area contributed by atoms with E-state index in [-0.39, 0.29) is 6.04 Å². The lowest BCUT2D eigenvalue weighted by Crippen LogP contribution is -2.42. The number of rotatable bonds is 7. The molecule has 0 bridgehead atoms. The second-order valence-corrected chi connectivity index (χ2v) is 7.22. The van der Waals surface area contributed by atoms with E-state index >= 15 is 0 Å². The molecule has 0 saturated carbocycles. The van der Waals surface area contributed by atoms with Crippen LogP contribution in [0.5, 0.6) is 5.75 Å². The molecule has 3 rings (SSSR count). The summed E-state index contributed by atoms with van der Waals surface area (Å²) in [7, 11) is 1.69. The van der Waals surface area contributed by atoms with Crippen LogP contribution in [0.1, 0.15) is 17.2 Å². The van der Waals surface area contributed by atoms with Gasteiger partial charge in [-0.25, -0.2) is 0 Å². The third-order valence-corrected chi connectivity index (χ3v) is 5.01. The first-order valence-electron chi connectivity index (χ1n) is 8.77. The summed E-state index contributed by atoms with van der Waals surface area (Å²) in [6, 6.07) is 14.2. The van der Waals surface area contributed by atoms with E-state index in [2.05, 4.69) is 22.3 Å². The van der Waals surface area contributed by atoms with Gasteiger partial charge in [-0.1, -0.05) is 35.3 Å². The van der Waals surface area contributed by atoms with E-state index in [4.69, 9.17) is 32.7 Å². The Labute approximate surface area is 165 Å². The Morgan fingerprint density at radius 3 is 2.35 bits per heavy atom. The lowest BCUT2D eigenvalue weighted by Gasteiger charge is -2.35. The zero-order valence-electron chi connectivity index (χ0n) is 14.9. The van der Waals surface area contributed by atoms with Gasteiger partial charge in [-0.3, -0.25) is 4.90 Å². The number of ether oxygens (including phenoxy) is 2. The molecule has 0 radical (unpaired) electrons. The van der Waals surface area contributed by atoms with Crippen LogP contribution in [-0.4, -0.2) is 44.9 Å². The maximum atomic E-state index is 6.09. The van der Waals surface area contributed by atoms with Crippen molar-refractivity contribution in [3.63, 3.8) is 0 Å². The van der Waals surface area contributed by atoms with Crippen molar-refractivity contribution in [2.24, 2.45) is 0 Å². The SMILES string of the molecule is COc1ccc(C(CNCc2cc(Cl)cc(Cl)c2)N2CCOCC2)cc1. The average molecular weight is 395 g/mol. The number of hydrogen-bond acceptors (Lipinski definition) is 4. The fourth-order valence-corrected chi connectivity index (χ4v) is 3.81. The number of methoxy groups -OCH3 is 1. The molecule has 4 nitrogen and oxygen atoms in total. The van der Waals surface area contributed by atoms with E-state index in [0.29, 0.717) is 10.0 Å². The molecule has 1 atom stereocenters. The van der Waals surface area contributed by atoms with E-state index in [1.165, 1.54) is 5.56 Å². The summed E-state index contributed by atoms with van der Waals surface area (Å²) in [5.74, 6) is 0.871. The Bertz CT molecular complexity index is 683. The van der Waals surface area contributed by atoms with E-state index in [1.54, 1.807) is 13.2 Å². The molecule has 140 valence electrons. The van der Waals surface area contributed by atoms with Crippen LogP contribution < -0.4 is 10.1 Å². The molecule has 0 aromatic heterocycles. The first kappa shape index (κ1) is 19.5. The molecule has 2 aromatic rings. The van der Waals surface area contributed by atoms with Crippen molar-refractivity contribution in [1.29, 1.82) is 0 Å². The molecule has 6 heteroatoms. The lowest BCUT2D eigenvalue weighted by molar-refractivity contribution is 0.0161. The molecular weight excluding hydrogens is 371 g/mol. The molecular formula is C20H24Cl2N2O2. The number of hydrogen-bond donors (Lipinski definition) is 1. The molecule has 1 heterocycles. The third kappa shape index (κ3) is 5.35. The van der Waals surface area contributed by atoms with E-state index in [9.17, 15) is 0 Å². The zero-order valence-corrected chi connectivity index (χ0v) is 16.4. The standard InChI is InChI=1S/C20H24Cl2N2O2/c1-25-19-4-2-16(3-5-19)20(24-6-8-26-9-7-24)14-23-13-15-10-17(21)12-18(22)11-15/h2-5,10-12,20,23H,6-9,13-14H2,1H3. The monoisotopic (exact) mass is 394 g/mol. The molecule has 26 heavy (non-hydrogen) atoms. The first-order chi connectivity index (χ1) is 12.7.